The third-order valence-corrected chi connectivity index (χ3v) is 4.16. The van der Waals surface area contributed by atoms with E-state index in [0.29, 0.717) is 0 Å². The van der Waals surface area contributed by atoms with Crippen molar-refractivity contribution in [2.75, 3.05) is 7.11 Å². The molecule has 0 unspecified atom stereocenters. The highest BCUT2D eigenvalue weighted by Gasteiger charge is 2.15. The second-order valence-electron chi connectivity index (χ2n) is 4.46. The van der Waals surface area contributed by atoms with Crippen LogP contribution >= 0.6 is 11.9 Å². The molecular weight excluding hydrogens is 286 g/mol. The Bertz CT molecular complexity index is 810. The lowest BCUT2D eigenvalue weighted by atomic mass is 10.2. The number of carbonyl (C=O) groups is 1. The summed E-state index contributed by atoms with van der Waals surface area (Å²) >= 11 is 1.36. The van der Waals surface area contributed by atoms with Crippen molar-refractivity contribution in [1.82, 2.24) is 3.97 Å². The van der Waals surface area contributed by atoms with Crippen LogP contribution in [0.25, 0.3) is 10.9 Å². The first kappa shape index (κ1) is 13.6. The molecule has 3 rings (SSSR count). The summed E-state index contributed by atoms with van der Waals surface area (Å²) in [7, 11) is 1.61. The minimum absolute atomic E-state index is 0.254. The van der Waals surface area contributed by atoms with Crippen LogP contribution in [0.2, 0.25) is 0 Å². The number of hydrogen-bond donors (Lipinski definition) is 1. The van der Waals surface area contributed by atoms with Gasteiger partial charge in [-0.1, -0.05) is 24.3 Å². The summed E-state index contributed by atoms with van der Waals surface area (Å²) in [5.74, 6) is -0.199. The van der Waals surface area contributed by atoms with Crippen molar-refractivity contribution in [3.8, 4) is 5.75 Å². The first-order chi connectivity index (χ1) is 10.2. The molecule has 3 aromatic rings. The summed E-state index contributed by atoms with van der Waals surface area (Å²) in [5.41, 5.74) is 1.13. The highest BCUT2D eigenvalue weighted by atomic mass is 32.2. The Hall–Kier alpha value is -2.40. The summed E-state index contributed by atoms with van der Waals surface area (Å²) in [6.07, 6.45) is 0. The van der Waals surface area contributed by atoms with Crippen LogP contribution in [-0.4, -0.2) is 22.2 Å². The first-order valence-corrected chi connectivity index (χ1v) is 7.12. The largest absolute Gasteiger partial charge is 0.497 e. The maximum atomic E-state index is 11.4. The Morgan fingerprint density at radius 1 is 1.14 bits per heavy atom. The number of aromatic carboxylic acids is 1. The average molecular weight is 299 g/mol. The zero-order valence-corrected chi connectivity index (χ0v) is 12.1. The molecule has 2 aromatic carbocycles. The van der Waals surface area contributed by atoms with Crippen LogP contribution in [0.1, 0.15) is 10.5 Å². The van der Waals surface area contributed by atoms with Gasteiger partial charge < -0.3 is 9.84 Å². The Labute approximate surface area is 126 Å². The Balaban J connectivity index is 2.10. The smallest absolute Gasteiger partial charge is 0.353 e. The van der Waals surface area contributed by atoms with E-state index < -0.39 is 5.97 Å². The standard InChI is InChI=1S/C16H13NO3S/c1-20-12-6-4-7-13(10-12)21-17-14-8-3-2-5-11(14)9-15(17)16(18)19/h2-10H,1H3,(H,18,19). The molecule has 4 nitrogen and oxygen atoms in total. The van der Waals surface area contributed by atoms with E-state index in [9.17, 15) is 9.90 Å². The number of aromatic nitrogens is 1. The fraction of sp³-hybridized carbons (Fsp3) is 0.0625. The molecule has 0 saturated carbocycles. The SMILES string of the molecule is COc1cccc(Sn2c(C(=O)O)cc3ccccc32)c1. The van der Waals surface area contributed by atoms with Gasteiger partial charge in [0.15, 0.2) is 0 Å². The van der Waals surface area contributed by atoms with Gasteiger partial charge in [0, 0.05) is 10.3 Å². The summed E-state index contributed by atoms with van der Waals surface area (Å²) in [5, 5.41) is 10.3. The molecule has 0 fully saturated rings. The van der Waals surface area contributed by atoms with Gasteiger partial charge >= 0.3 is 5.97 Å². The van der Waals surface area contributed by atoms with E-state index in [2.05, 4.69) is 0 Å². The molecule has 1 N–H and O–H groups in total. The van der Waals surface area contributed by atoms with E-state index in [1.165, 1.54) is 11.9 Å². The zero-order valence-electron chi connectivity index (χ0n) is 11.3. The highest BCUT2D eigenvalue weighted by molar-refractivity contribution is 7.98. The number of methoxy groups -OCH3 is 1. The van der Waals surface area contributed by atoms with Crippen molar-refractivity contribution in [1.29, 1.82) is 0 Å². The second-order valence-corrected chi connectivity index (χ2v) is 5.48. The van der Waals surface area contributed by atoms with Crippen LogP contribution in [0, 0.1) is 0 Å². The molecule has 0 saturated heterocycles. The maximum Gasteiger partial charge on any atom is 0.353 e. The third-order valence-electron chi connectivity index (χ3n) is 3.12. The number of carboxylic acid groups (broad SMARTS) is 1. The van der Waals surface area contributed by atoms with Crippen molar-refractivity contribution in [2.24, 2.45) is 0 Å². The molecule has 21 heavy (non-hydrogen) atoms. The summed E-state index contributed by atoms with van der Waals surface area (Å²) in [6, 6.07) is 16.8. The summed E-state index contributed by atoms with van der Waals surface area (Å²) in [6.45, 7) is 0. The van der Waals surface area contributed by atoms with Gasteiger partial charge in [0.2, 0.25) is 0 Å². The average Bonchev–Trinajstić information content (AvgIpc) is 2.87. The molecule has 0 aliphatic rings. The molecule has 0 amide bonds. The number of benzene rings is 2. The van der Waals surface area contributed by atoms with Gasteiger partial charge in [-0.2, -0.15) is 0 Å². The van der Waals surface area contributed by atoms with Gasteiger partial charge in [0.1, 0.15) is 11.4 Å². The number of ether oxygens (including phenoxy) is 1. The van der Waals surface area contributed by atoms with E-state index in [0.717, 1.165) is 21.5 Å². The predicted octanol–water partition coefficient (Wildman–Crippen LogP) is 3.90. The van der Waals surface area contributed by atoms with E-state index >= 15 is 0 Å². The van der Waals surface area contributed by atoms with E-state index in [1.54, 1.807) is 17.1 Å². The van der Waals surface area contributed by atoms with Crippen LogP contribution in [-0.2, 0) is 0 Å². The quantitative estimate of drug-likeness (QED) is 0.793. The number of rotatable bonds is 4. The number of hydrogen-bond acceptors (Lipinski definition) is 3. The lowest BCUT2D eigenvalue weighted by Crippen LogP contribution is -2.02. The molecule has 0 aliphatic heterocycles. The fourth-order valence-corrected chi connectivity index (χ4v) is 3.15. The molecule has 1 heterocycles. The molecule has 0 bridgehead atoms. The van der Waals surface area contributed by atoms with Crippen molar-refractivity contribution in [2.45, 2.75) is 4.90 Å². The molecule has 5 heteroatoms. The minimum atomic E-state index is -0.943. The number of carboxylic acids is 1. The van der Waals surface area contributed by atoms with Gasteiger partial charge in [-0.25, -0.2) is 4.79 Å². The van der Waals surface area contributed by atoms with Gasteiger partial charge in [0.05, 0.1) is 12.6 Å². The van der Waals surface area contributed by atoms with Gasteiger partial charge in [-0.3, -0.25) is 3.97 Å². The van der Waals surface area contributed by atoms with Crippen molar-refractivity contribution < 1.29 is 14.6 Å². The Kier molecular flexibility index (Phi) is 3.58. The van der Waals surface area contributed by atoms with E-state index in [-0.39, 0.29) is 5.69 Å². The summed E-state index contributed by atoms with van der Waals surface area (Å²) < 4.78 is 6.93. The molecule has 1 aromatic heterocycles. The number of nitrogens with zero attached hydrogens (tertiary/aromatic N) is 1. The predicted molar refractivity (Wildman–Crippen MR) is 83.1 cm³/mol. The van der Waals surface area contributed by atoms with E-state index in [4.69, 9.17) is 4.74 Å². The monoisotopic (exact) mass is 299 g/mol. The Morgan fingerprint density at radius 3 is 2.71 bits per heavy atom. The van der Waals surface area contributed by atoms with Crippen LogP contribution in [0.3, 0.4) is 0 Å². The summed E-state index contributed by atoms with van der Waals surface area (Å²) in [4.78, 5) is 12.4. The van der Waals surface area contributed by atoms with Gasteiger partial charge in [-0.05, 0) is 42.3 Å². The first-order valence-electron chi connectivity index (χ1n) is 6.35. The topological polar surface area (TPSA) is 51.5 Å². The van der Waals surface area contributed by atoms with E-state index in [1.807, 2.05) is 48.5 Å². The fourth-order valence-electron chi connectivity index (χ4n) is 2.14. The van der Waals surface area contributed by atoms with Crippen molar-refractivity contribution in [3.05, 3.63) is 60.3 Å². The van der Waals surface area contributed by atoms with Crippen molar-refractivity contribution in [3.63, 3.8) is 0 Å². The molecule has 0 aliphatic carbocycles. The van der Waals surface area contributed by atoms with Gasteiger partial charge in [0.25, 0.3) is 0 Å². The molecular formula is C16H13NO3S. The number of fused-ring (bicyclic) bond motifs is 1. The van der Waals surface area contributed by atoms with Crippen LogP contribution < -0.4 is 4.74 Å². The van der Waals surface area contributed by atoms with Crippen molar-refractivity contribution >= 4 is 28.8 Å². The highest BCUT2D eigenvalue weighted by Crippen LogP contribution is 2.31. The second kappa shape index (κ2) is 5.54. The zero-order chi connectivity index (χ0) is 14.8. The lowest BCUT2D eigenvalue weighted by Gasteiger charge is -2.08. The van der Waals surface area contributed by atoms with Crippen LogP contribution in [0.5, 0.6) is 5.75 Å². The Morgan fingerprint density at radius 2 is 1.95 bits per heavy atom. The maximum absolute atomic E-state index is 11.4. The minimum Gasteiger partial charge on any atom is -0.497 e. The van der Waals surface area contributed by atoms with Crippen LogP contribution in [0.4, 0.5) is 0 Å². The normalized spacial score (nSPS) is 10.7. The van der Waals surface area contributed by atoms with Crippen LogP contribution in [0.15, 0.2) is 59.5 Å². The molecule has 0 atom stereocenters. The van der Waals surface area contributed by atoms with Gasteiger partial charge in [-0.15, -0.1) is 0 Å². The number of para-hydroxylation sites is 1. The lowest BCUT2D eigenvalue weighted by molar-refractivity contribution is 0.0690. The molecule has 0 radical (unpaired) electrons. The third kappa shape index (κ3) is 2.60. The molecule has 0 spiro atoms. The molecule has 106 valence electrons.